The summed E-state index contributed by atoms with van der Waals surface area (Å²) in [6.07, 6.45) is 5.51. The predicted octanol–water partition coefficient (Wildman–Crippen LogP) is 4.86. The van der Waals surface area contributed by atoms with E-state index >= 15 is 0 Å². The molecule has 1 fully saturated rings. The average molecular weight is 393 g/mol. The molecule has 6 nitrogen and oxygen atoms in total. The molecule has 2 heterocycles. The van der Waals surface area contributed by atoms with E-state index in [0.717, 1.165) is 40.4 Å². The summed E-state index contributed by atoms with van der Waals surface area (Å²) in [7, 11) is 0. The first kappa shape index (κ1) is 19.3. The highest BCUT2D eigenvalue weighted by Crippen LogP contribution is 2.33. The van der Waals surface area contributed by atoms with Crippen LogP contribution in [0.3, 0.4) is 0 Å². The lowest BCUT2D eigenvalue weighted by molar-refractivity contribution is 0.0185. The van der Waals surface area contributed by atoms with Crippen LogP contribution in [0.15, 0.2) is 48.8 Å². The number of nitrogens with zero attached hydrogens (tertiary/aromatic N) is 3. The smallest absolute Gasteiger partial charge is 0.410 e. The van der Waals surface area contributed by atoms with Gasteiger partial charge in [-0.1, -0.05) is 30.3 Å². The van der Waals surface area contributed by atoms with Crippen molar-refractivity contribution in [3.8, 4) is 11.1 Å². The van der Waals surface area contributed by atoms with Gasteiger partial charge in [0.25, 0.3) is 0 Å². The fraction of sp³-hybridized carbons (Fsp3) is 0.391. The number of ether oxygens (including phenoxy) is 1. The minimum absolute atomic E-state index is 0.231. The largest absolute Gasteiger partial charge is 0.444 e. The predicted molar refractivity (Wildman–Crippen MR) is 116 cm³/mol. The molecule has 0 atom stereocenters. The topological polar surface area (TPSA) is 73.4 Å². The standard InChI is InChI=1S/C23H28N4O2/c1-23(2,3)29-22(28)26-12-10-17(11-13-26)27-15-16(14-25-27)18-8-9-21(24)20-7-5-4-6-19(18)20/h4-9,14-15,17H,10-13,24H2,1-3H3. The maximum absolute atomic E-state index is 12.3. The Balaban J connectivity index is 1.49. The van der Waals surface area contributed by atoms with Gasteiger partial charge in [0.15, 0.2) is 0 Å². The number of likely N-dealkylation sites (tertiary alicyclic amines) is 1. The van der Waals surface area contributed by atoms with E-state index in [1.54, 1.807) is 4.90 Å². The molecule has 0 unspecified atom stereocenters. The number of carbonyl (C=O) groups is 1. The first-order valence-corrected chi connectivity index (χ1v) is 10.1. The first-order valence-electron chi connectivity index (χ1n) is 10.1. The van der Waals surface area contributed by atoms with E-state index in [-0.39, 0.29) is 12.1 Å². The van der Waals surface area contributed by atoms with Crippen LogP contribution in [0.2, 0.25) is 0 Å². The minimum atomic E-state index is -0.466. The molecule has 6 heteroatoms. The molecule has 3 aromatic rings. The summed E-state index contributed by atoms with van der Waals surface area (Å²) in [4.78, 5) is 14.1. The number of hydrogen-bond donors (Lipinski definition) is 1. The van der Waals surface area contributed by atoms with Crippen molar-refractivity contribution in [2.45, 2.75) is 45.3 Å². The van der Waals surface area contributed by atoms with Crippen molar-refractivity contribution in [2.24, 2.45) is 0 Å². The number of carbonyl (C=O) groups excluding carboxylic acids is 1. The molecule has 0 bridgehead atoms. The molecule has 2 aromatic carbocycles. The molecule has 1 aliphatic rings. The maximum Gasteiger partial charge on any atom is 0.410 e. The molecule has 1 saturated heterocycles. The van der Waals surface area contributed by atoms with Gasteiger partial charge in [-0.05, 0) is 50.6 Å². The zero-order valence-corrected chi connectivity index (χ0v) is 17.3. The second-order valence-corrected chi connectivity index (χ2v) is 8.66. The summed E-state index contributed by atoms with van der Waals surface area (Å²) >= 11 is 0. The van der Waals surface area contributed by atoms with E-state index < -0.39 is 5.60 Å². The average Bonchev–Trinajstić information content (AvgIpc) is 3.17. The number of anilines is 1. The van der Waals surface area contributed by atoms with Crippen LogP contribution in [0, 0.1) is 0 Å². The molecule has 0 radical (unpaired) electrons. The Kier molecular flexibility index (Phi) is 4.94. The van der Waals surface area contributed by atoms with Crippen molar-refractivity contribution in [2.75, 3.05) is 18.8 Å². The molecule has 152 valence electrons. The second-order valence-electron chi connectivity index (χ2n) is 8.66. The molecule has 2 N–H and O–H groups in total. The fourth-order valence-corrected chi connectivity index (χ4v) is 3.89. The van der Waals surface area contributed by atoms with Gasteiger partial charge in [0.1, 0.15) is 5.60 Å². The van der Waals surface area contributed by atoms with Crippen LogP contribution in [0.25, 0.3) is 21.9 Å². The Morgan fingerprint density at radius 3 is 2.48 bits per heavy atom. The van der Waals surface area contributed by atoms with E-state index in [2.05, 4.69) is 23.4 Å². The summed E-state index contributed by atoms with van der Waals surface area (Å²) < 4.78 is 7.52. The number of benzene rings is 2. The third-order valence-corrected chi connectivity index (χ3v) is 5.36. The zero-order valence-electron chi connectivity index (χ0n) is 17.3. The number of amides is 1. The highest BCUT2D eigenvalue weighted by Gasteiger charge is 2.28. The molecule has 0 spiro atoms. The van der Waals surface area contributed by atoms with Crippen LogP contribution in [0.1, 0.15) is 39.7 Å². The van der Waals surface area contributed by atoms with E-state index in [0.29, 0.717) is 13.1 Å². The molecule has 1 amide bonds. The van der Waals surface area contributed by atoms with Crippen molar-refractivity contribution < 1.29 is 9.53 Å². The van der Waals surface area contributed by atoms with Crippen LogP contribution in [-0.4, -0.2) is 39.5 Å². The highest BCUT2D eigenvalue weighted by atomic mass is 16.6. The lowest BCUT2D eigenvalue weighted by Crippen LogP contribution is -2.42. The van der Waals surface area contributed by atoms with Gasteiger partial charge in [0.2, 0.25) is 0 Å². The zero-order chi connectivity index (χ0) is 20.6. The Morgan fingerprint density at radius 1 is 1.10 bits per heavy atom. The number of fused-ring (bicyclic) bond motifs is 1. The second kappa shape index (κ2) is 7.43. The monoisotopic (exact) mass is 392 g/mol. The molecule has 1 aliphatic heterocycles. The summed E-state index contributed by atoms with van der Waals surface area (Å²) in [6, 6.07) is 12.5. The number of rotatable bonds is 2. The van der Waals surface area contributed by atoms with Crippen molar-refractivity contribution >= 4 is 22.6 Å². The van der Waals surface area contributed by atoms with E-state index in [1.807, 2.05) is 55.9 Å². The molecule has 1 aromatic heterocycles. The molecule has 29 heavy (non-hydrogen) atoms. The maximum atomic E-state index is 12.3. The quantitative estimate of drug-likeness (QED) is 0.632. The van der Waals surface area contributed by atoms with Crippen LogP contribution >= 0.6 is 0 Å². The summed E-state index contributed by atoms with van der Waals surface area (Å²) in [5.41, 5.74) is 8.67. The number of nitrogen functional groups attached to an aromatic ring is 1. The molecular weight excluding hydrogens is 364 g/mol. The van der Waals surface area contributed by atoms with Gasteiger partial charge in [0, 0.05) is 35.9 Å². The van der Waals surface area contributed by atoms with Crippen LogP contribution in [0.5, 0.6) is 0 Å². The van der Waals surface area contributed by atoms with Crippen LogP contribution < -0.4 is 5.73 Å². The Hall–Kier alpha value is -3.02. The van der Waals surface area contributed by atoms with Gasteiger partial charge in [-0.3, -0.25) is 4.68 Å². The summed E-state index contributed by atoms with van der Waals surface area (Å²) in [6.45, 7) is 7.04. The Labute approximate surface area is 171 Å². The van der Waals surface area contributed by atoms with Gasteiger partial charge in [-0.15, -0.1) is 0 Å². The number of aromatic nitrogens is 2. The van der Waals surface area contributed by atoms with Crippen molar-refractivity contribution in [1.82, 2.24) is 14.7 Å². The number of hydrogen-bond acceptors (Lipinski definition) is 4. The minimum Gasteiger partial charge on any atom is -0.444 e. The van der Waals surface area contributed by atoms with Gasteiger partial charge in [-0.2, -0.15) is 5.10 Å². The van der Waals surface area contributed by atoms with Gasteiger partial charge in [-0.25, -0.2) is 4.79 Å². The lowest BCUT2D eigenvalue weighted by Gasteiger charge is -2.33. The summed E-state index contributed by atoms with van der Waals surface area (Å²) in [5.74, 6) is 0. The number of nitrogens with two attached hydrogens (primary N) is 1. The number of piperidine rings is 1. The van der Waals surface area contributed by atoms with E-state index in [1.165, 1.54) is 0 Å². The van der Waals surface area contributed by atoms with Crippen molar-refractivity contribution in [1.29, 1.82) is 0 Å². The lowest BCUT2D eigenvalue weighted by atomic mass is 9.99. The fourth-order valence-electron chi connectivity index (χ4n) is 3.89. The van der Waals surface area contributed by atoms with Gasteiger partial charge in [0.05, 0.1) is 12.2 Å². The third kappa shape index (κ3) is 4.06. The molecule has 4 rings (SSSR count). The van der Waals surface area contributed by atoms with Crippen LogP contribution in [0.4, 0.5) is 10.5 Å². The van der Waals surface area contributed by atoms with Crippen LogP contribution in [-0.2, 0) is 4.74 Å². The normalized spacial score (nSPS) is 15.6. The van der Waals surface area contributed by atoms with E-state index in [9.17, 15) is 4.79 Å². The molecular formula is C23H28N4O2. The third-order valence-electron chi connectivity index (χ3n) is 5.36. The van der Waals surface area contributed by atoms with Crippen molar-refractivity contribution in [3.63, 3.8) is 0 Å². The van der Waals surface area contributed by atoms with Crippen molar-refractivity contribution in [3.05, 3.63) is 48.8 Å². The first-order chi connectivity index (χ1) is 13.8. The Morgan fingerprint density at radius 2 is 1.79 bits per heavy atom. The van der Waals surface area contributed by atoms with Gasteiger partial charge >= 0.3 is 6.09 Å². The highest BCUT2D eigenvalue weighted by molar-refractivity contribution is 6.02. The van der Waals surface area contributed by atoms with Gasteiger partial charge < -0.3 is 15.4 Å². The molecule has 0 saturated carbocycles. The van der Waals surface area contributed by atoms with E-state index in [4.69, 9.17) is 10.5 Å². The molecule has 0 aliphatic carbocycles. The summed E-state index contributed by atoms with van der Waals surface area (Å²) in [5, 5.41) is 6.82. The SMILES string of the molecule is CC(C)(C)OC(=O)N1CCC(n2cc(-c3ccc(N)c4ccccc34)cn2)CC1. The Bertz CT molecular complexity index is 1030.